The van der Waals surface area contributed by atoms with Crippen LogP contribution in [0.2, 0.25) is 0 Å². The molecule has 2 aromatic rings. The van der Waals surface area contributed by atoms with Crippen molar-refractivity contribution in [1.29, 1.82) is 0 Å². The number of nitrogens with one attached hydrogen (secondary N) is 2. The smallest absolute Gasteiger partial charge is 0.240 e. The molecule has 1 saturated heterocycles. The van der Waals surface area contributed by atoms with Crippen molar-refractivity contribution in [3.05, 3.63) is 60.2 Å². The lowest BCUT2D eigenvalue weighted by atomic mass is 9.74. The van der Waals surface area contributed by atoms with E-state index < -0.39 is 10.0 Å². The van der Waals surface area contributed by atoms with Crippen molar-refractivity contribution in [2.75, 3.05) is 25.1 Å². The van der Waals surface area contributed by atoms with Crippen molar-refractivity contribution in [2.45, 2.75) is 30.1 Å². The van der Waals surface area contributed by atoms with Gasteiger partial charge in [-0.05, 0) is 42.7 Å². The van der Waals surface area contributed by atoms with Gasteiger partial charge < -0.3 is 10.1 Å². The monoisotopic (exact) mass is 388 g/mol. The van der Waals surface area contributed by atoms with Crippen LogP contribution in [0, 0.1) is 0 Å². The average Bonchev–Trinajstić information content (AvgIpc) is 2.68. The molecule has 7 heteroatoms. The second-order valence-corrected chi connectivity index (χ2v) is 8.56. The number of benzene rings is 2. The summed E-state index contributed by atoms with van der Waals surface area (Å²) in [5.74, 6) is -0.201. The lowest BCUT2D eigenvalue weighted by Crippen LogP contribution is -2.44. The van der Waals surface area contributed by atoms with E-state index in [0.29, 0.717) is 25.4 Å². The fourth-order valence-corrected chi connectivity index (χ4v) is 4.49. The summed E-state index contributed by atoms with van der Waals surface area (Å²) in [6, 6.07) is 16.1. The van der Waals surface area contributed by atoms with Crippen molar-refractivity contribution < 1.29 is 17.9 Å². The van der Waals surface area contributed by atoms with Gasteiger partial charge in [0.25, 0.3) is 0 Å². The summed E-state index contributed by atoms with van der Waals surface area (Å²) >= 11 is 0. The van der Waals surface area contributed by atoms with E-state index in [9.17, 15) is 13.2 Å². The average molecular weight is 388 g/mol. The van der Waals surface area contributed by atoms with E-state index in [4.69, 9.17) is 4.74 Å². The van der Waals surface area contributed by atoms with Gasteiger partial charge in [-0.2, -0.15) is 0 Å². The molecule has 0 radical (unpaired) electrons. The van der Waals surface area contributed by atoms with Gasteiger partial charge in [0.2, 0.25) is 15.9 Å². The van der Waals surface area contributed by atoms with E-state index in [1.807, 2.05) is 30.3 Å². The number of ether oxygens (including phenoxy) is 1. The number of anilines is 1. The number of carbonyl (C=O) groups excluding carboxylic acids is 1. The summed E-state index contributed by atoms with van der Waals surface area (Å²) in [5, 5.41) is 2.63. The molecule has 27 heavy (non-hydrogen) atoms. The van der Waals surface area contributed by atoms with Gasteiger partial charge in [-0.25, -0.2) is 13.1 Å². The number of hydrogen-bond donors (Lipinski definition) is 2. The van der Waals surface area contributed by atoms with Crippen molar-refractivity contribution in [3.8, 4) is 0 Å². The minimum atomic E-state index is -3.65. The fraction of sp³-hybridized carbons (Fsp3) is 0.350. The van der Waals surface area contributed by atoms with Crippen LogP contribution in [0.25, 0.3) is 0 Å². The maximum Gasteiger partial charge on any atom is 0.240 e. The molecular weight excluding hydrogens is 364 g/mol. The van der Waals surface area contributed by atoms with Gasteiger partial charge >= 0.3 is 0 Å². The molecule has 0 aliphatic carbocycles. The van der Waals surface area contributed by atoms with Crippen molar-refractivity contribution in [3.63, 3.8) is 0 Å². The topological polar surface area (TPSA) is 84.5 Å². The highest BCUT2D eigenvalue weighted by molar-refractivity contribution is 7.89. The Balaban J connectivity index is 1.77. The fourth-order valence-electron chi connectivity index (χ4n) is 3.36. The quantitative estimate of drug-likeness (QED) is 0.797. The maximum atomic E-state index is 12.8. The highest BCUT2D eigenvalue weighted by Crippen LogP contribution is 2.34. The second-order valence-electron chi connectivity index (χ2n) is 6.79. The minimum Gasteiger partial charge on any atom is -0.381 e. The van der Waals surface area contributed by atoms with Crippen molar-refractivity contribution in [1.82, 2.24) is 4.72 Å². The summed E-state index contributed by atoms with van der Waals surface area (Å²) in [6.07, 6.45) is 1.53. The van der Waals surface area contributed by atoms with E-state index in [2.05, 4.69) is 10.0 Å². The summed E-state index contributed by atoms with van der Waals surface area (Å²) in [5.41, 5.74) is 1.41. The molecule has 0 saturated carbocycles. The molecule has 2 aromatic carbocycles. The van der Waals surface area contributed by atoms with Gasteiger partial charge in [0, 0.05) is 37.8 Å². The molecule has 1 heterocycles. The third kappa shape index (κ3) is 4.74. The van der Waals surface area contributed by atoms with Crippen LogP contribution in [0.15, 0.2) is 59.5 Å². The van der Waals surface area contributed by atoms with E-state index in [1.165, 1.54) is 19.1 Å². The number of rotatable bonds is 6. The van der Waals surface area contributed by atoms with Gasteiger partial charge in [-0.15, -0.1) is 0 Å². The van der Waals surface area contributed by atoms with Gasteiger partial charge in [-0.1, -0.05) is 30.3 Å². The molecule has 1 aliphatic rings. The number of amides is 1. The molecule has 0 atom stereocenters. The lowest BCUT2D eigenvalue weighted by molar-refractivity contribution is -0.114. The van der Waals surface area contributed by atoms with Gasteiger partial charge in [-0.3, -0.25) is 4.79 Å². The van der Waals surface area contributed by atoms with Crippen LogP contribution in [0.3, 0.4) is 0 Å². The molecule has 0 unspecified atom stereocenters. The third-order valence-electron chi connectivity index (χ3n) is 4.92. The van der Waals surface area contributed by atoms with Crippen LogP contribution < -0.4 is 10.0 Å². The normalized spacial score (nSPS) is 16.6. The Bertz CT molecular complexity index is 874. The first-order valence-electron chi connectivity index (χ1n) is 8.92. The Morgan fingerprint density at radius 2 is 1.67 bits per heavy atom. The summed E-state index contributed by atoms with van der Waals surface area (Å²) in [7, 11) is -3.65. The molecular formula is C20H24N2O4S. The predicted octanol–water partition coefficient (Wildman–Crippen LogP) is 2.67. The second kappa shape index (κ2) is 8.21. The Morgan fingerprint density at radius 3 is 2.26 bits per heavy atom. The zero-order valence-electron chi connectivity index (χ0n) is 15.3. The first-order valence-corrected chi connectivity index (χ1v) is 10.4. The zero-order chi connectivity index (χ0) is 19.3. The summed E-state index contributed by atoms with van der Waals surface area (Å²) < 4.78 is 33.8. The van der Waals surface area contributed by atoms with Crippen LogP contribution >= 0.6 is 0 Å². The molecule has 1 amide bonds. The molecule has 0 spiro atoms. The van der Waals surface area contributed by atoms with Crippen LogP contribution in [-0.2, 0) is 25.0 Å². The van der Waals surface area contributed by atoms with Crippen LogP contribution in [0.4, 0.5) is 5.69 Å². The third-order valence-corrected chi connectivity index (χ3v) is 6.34. The lowest BCUT2D eigenvalue weighted by Gasteiger charge is -2.37. The maximum absolute atomic E-state index is 12.8. The zero-order valence-corrected chi connectivity index (χ0v) is 16.1. The standard InChI is InChI=1S/C20H24N2O4S/c1-16(23)22-18-7-9-19(10-8-18)27(24,25)21-15-20(11-13-26-14-12-20)17-5-3-2-4-6-17/h2-10,21H,11-15H2,1H3,(H,22,23). The Kier molecular flexibility index (Phi) is 5.94. The molecule has 6 nitrogen and oxygen atoms in total. The highest BCUT2D eigenvalue weighted by atomic mass is 32.2. The molecule has 0 aromatic heterocycles. The van der Waals surface area contributed by atoms with E-state index >= 15 is 0 Å². The number of sulfonamides is 1. The van der Waals surface area contributed by atoms with E-state index in [0.717, 1.165) is 18.4 Å². The molecule has 0 bridgehead atoms. The number of carbonyl (C=O) groups is 1. The van der Waals surface area contributed by atoms with Crippen LogP contribution in [0.5, 0.6) is 0 Å². The van der Waals surface area contributed by atoms with Crippen molar-refractivity contribution in [2.24, 2.45) is 0 Å². The van der Waals surface area contributed by atoms with Gasteiger partial charge in [0.1, 0.15) is 0 Å². The Hall–Kier alpha value is -2.22. The summed E-state index contributed by atoms with van der Waals surface area (Å²) in [4.78, 5) is 11.3. The summed E-state index contributed by atoms with van der Waals surface area (Å²) in [6.45, 7) is 2.95. The molecule has 2 N–H and O–H groups in total. The van der Waals surface area contributed by atoms with Crippen molar-refractivity contribution >= 4 is 21.6 Å². The molecule has 1 fully saturated rings. The van der Waals surface area contributed by atoms with E-state index in [-0.39, 0.29) is 16.2 Å². The van der Waals surface area contributed by atoms with Gasteiger partial charge in [0.15, 0.2) is 0 Å². The molecule has 3 rings (SSSR count). The van der Waals surface area contributed by atoms with Crippen LogP contribution in [0.1, 0.15) is 25.3 Å². The predicted molar refractivity (Wildman–Crippen MR) is 104 cm³/mol. The Morgan fingerprint density at radius 1 is 1.04 bits per heavy atom. The molecule has 144 valence electrons. The van der Waals surface area contributed by atoms with E-state index in [1.54, 1.807) is 12.1 Å². The van der Waals surface area contributed by atoms with Gasteiger partial charge in [0.05, 0.1) is 4.90 Å². The first-order chi connectivity index (χ1) is 12.9. The highest BCUT2D eigenvalue weighted by Gasteiger charge is 2.35. The largest absolute Gasteiger partial charge is 0.381 e. The Labute approximate surface area is 160 Å². The minimum absolute atomic E-state index is 0.173. The van der Waals surface area contributed by atoms with Crippen LogP contribution in [-0.4, -0.2) is 34.1 Å². The first kappa shape index (κ1) is 19.5. The number of hydrogen-bond acceptors (Lipinski definition) is 4. The SMILES string of the molecule is CC(=O)Nc1ccc(S(=O)(=O)NCC2(c3ccccc3)CCOCC2)cc1. The molecule has 1 aliphatic heterocycles.